The zero-order valence-corrected chi connectivity index (χ0v) is 22.0. The molecule has 1 rings (SSSR count). The van der Waals surface area contributed by atoms with Crippen LogP contribution in [-0.2, 0) is 16.1 Å². The number of benzene rings is 1. The molecule has 0 spiro atoms. The largest absolute Gasteiger partial charge is 0.504 e. The van der Waals surface area contributed by atoms with Crippen molar-refractivity contribution < 1.29 is 19.4 Å². The molecule has 4 heteroatoms. The van der Waals surface area contributed by atoms with Crippen molar-refractivity contribution in [3.05, 3.63) is 35.9 Å². The van der Waals surface area contributed by atoms with Gasteiger partial charge in [0.2, 0.25) is 0 Å². The van der Waals surface area contributed by atoms with Crippen LogP contribution in [0.4, 0.5) is 0 Å². The fourth-order valence-corrected chi connectivity index (χ4v) is 4.09. The maximum atomic E-state index is 11.9. The molecule has 0 atom stereocenters. The second kappa shape index (κ2) is 21.6. The number of methoxy groups -OCH3 is 1. The van der Waals surface area contributed by atoms with Gasteiger partial charge >= 0.3 is 5.97 Å². The molecule has 4 nitrogen and oxygen atoms in total. The van der Waals surface area contributed by atoms with Gasteiger partial charge < -0.3 is 14.6 Å². The van der Waals surface area contributed by atoms with Crippen LogP contribution in [-0.4, -0.2) is 18.2 Å². The van der Waals surface area contributed by atoms with Crippen LogP contribution in [0.25, 0.3) is 0 Å². The predicted molar refractivity (Wildman–Crippen MR) is 142 cm³/mol. The first-order valence-corrected chi connectivity index (χ1v) is 13.8. The molecule has 0 fully saturated rings. The summed E-state index contributed by atoms with van der Waals surface area (Å²) in [5.41, 5.74) is 0.812. The van der Waals surface area contributed by atoms with Crippen molar-refractivity contribution >= 4 is 5.97 Å². The Morgan fingerprint density at radius 1 is 0.794 bits per heavy atom. The molecule has 0 heterocycles. The molecule has 0 amide bonds. The second-order valence-electron chi connectivity index (χ2n) is 9.42. The summed E-state index contributed by atoms with van der Waals surface area (Å²) in [7, 11) is 1.50. The van der Waals surface area contributed by atoms with Crippen molar-refractivity contribution in [2.75, 3.05) is 7.11 Å². The van der Waals surface area contributed by atoms with Crippen LogP contribution in [0.2, 0.25) is 0 Å². The van der Waals surface area contributed by atoms with Gasteiger partial charge in [-0.1, -0.05) is 102 Å². The minimum atomic E-state index is -0.159. The van der Waals surface area contributed by atoms with Gasteiger partial charge in [0.1, 0.15) is 6.61 Å². The molecular weight excluding hydrogens is 424 g/mol. The summed E-state index contributed by atoms with van der Waals surface area (Å²) in [6.45, 7) is 2.48. The van der Waals surface area contributed by atoms with Gasteiger partial charge in [0, 0.05) is 6.42 Å². The van der Waals surface area contributed by atoms with E-state index in [-0.39, 0.29) is 18.3 Å². The van der Waals surface area contributed by atoms with E-state index in [0.717, 1.165) is 18.4 Å². The summed E-state index contributed by atoms with van der Waals surface area (Å²) in [5, 5.41) is 9.60. The molecule has 1 N–H and O–H groups in total. The number of phenolic OH excluding ortho intramolecular Hbond substituents is 1. The lowest BCUT2D eigenvalue weighted by molar-refractivity contribution is -0.145. The fraction of sp³-hybridized carbons (Fsp3) is 0.700. The predicted octanol–water partition coefficient (Wildman–Crippen LogP) is 9.04. The van der Waals surface area contributed by atoms with Gasteiger partial charge in [-0.05, 0) is 49.8 Å². The van der Waals surface area contributed by atoms with Gasteiger partial charge in [-0.25, -0.2) is 0 Å². The number of phenols is 1. The Bertz CT molecular complexity index is 653. The summed E-state index contributed by atoms with van der Waals surface area (Å²) < 4.78 is 10.4. The van der Waals surface area contributed by atoms with Crippen LogP contribution >= 0.6 is 0 Å². The number of hydrogen-bond acceptors (Lipinski definition) is 4. The van der Waals surface area contributed by atoms with Crippen molar-refractivity contribution in [1.29, 1.82) is 0 Å². The van der Waals surface area contributed by atoms with Crippen LogP contribution in [0.5, 0.6) is 11.5 Å². The topological polar surface area (TPSA) is 55.8 Å². The highest BCUT2D eigenvalue weighted by atomic mass is 16.5. The summed E-state index contributed by atoms with van der Waals surface area (Å²) >= 11 is 0. The Morgan fingerprint density at radius 3 is 1.88 bits per heavy atom. The molecule has 1 aromatic carbocycles. The molecule has 0 unspecified atom stereocenters. The van der Waals surface area contributed by atoms with E-state index >= 15 is 0 Å². The molecule has 0 radical (unpaired) electrons. The van der Waals surface area contributed by atoms with Crippen LogP contribution in [0.1, 0.15) is 128 Å². The van der Waals surface area contributed by atoms with Crippen molar-refractivity contribution in [3.63, 3.8) is 0 Å². The number of ether oxygens (including phenoxy) is 2. The van der Waals surface area contributed by atoms with Gasteiger partial charge in [-0.3, -0.25) is 4.79 Å². The van der Waals surface area contributed by atoms with Crippen molar-refractivity contribution in [3.8, 4) is 11.5 Å². The van der Waals surface area contributed by atoms with Crippen LogP contribution < -0.4 is 4.74 Å². The molecule has 0 aliphatic carbocycles. The van der Waals surface area contributed by atoms with E-state index in [1.54, 1.807) is 18.2 Å². The van der Waals surface area contributed by atoms with E-state index in [4.69, 9.17) is 9.47 Å². The van der Waals surface area contributed by atoms with Crippen molar-refractivity contribution in [2.45, 2.75) is 129 Å². The van der Waals surface area contributed by atoms with Gasteiger partial charge in [0.15, 0.2) is 11.5 Å². The maximum Gasteiger partial charge on any atom is 0.306 e. The molecule has 194 valence electrons. The third kappa shape index (κ3) is 16.6. The molecule has 34 heavy (non-hydrogen) atoms. The normalized spacial score (nSPS) is 11.2. The summed E-state index contributed by atoms with van der Waals surface area (Å²) in [5.74, 6) is 0.320. The van der Waals surface area contributed by atoms with Crippen molar-refractivity contribution in [1.82, 2.24) is 0 Å². The van der Waals surface area contributed by atoms with Gasteiger partial charge in [-0.15, -0.1) is 0 Å². The van der Waals surface area contributed by atoms with E-state index in [9.17, 15) is 9.90 Å². The zero-order valence-electron chi connectivity index (χ0n) is 22.0. The minimum Gasteiger partial charge on any atom is -0.504 e. The quantitative estimate of drug-likeness (QED) is 0.103. The number of allylic oxidation sites excluding steroid dienone is 2. The highest BCUT2D eigenvalue weighted by Gasteiger charge is 2.06. The van der Waals surface area contributed by atoms with Gasteiger partial charge in [-0.2, -0.15) is 0 Å². The van der Waals surface area contributed by atoms with E-state index in [2.05, 4.69) is 19.1 Å². The molecule has 0 saturated carbocycles. The van der Waals surface area contributed by atoms with Gasteiger partial charge in [0.05, 0.1) is 7.11 Å². The smallest absolute Gasteiger partial charge is 0.306 e. The number of rotatable bonds is 22. The molecule has 0 saturated heterocycles. The van der Waals surface area contributed by atoms with E-state index < -0.39 is 0 Å². The fourth-order valence-electron chi connectivity index (χ4n) is 4.09. The number of carbonyl (C=O) groups excluding carboxylic acids is 1. The number of hydrogen-bond donors (Lipinski definition) is 1. The average Bonchev–Trinajstić information content (AvgIpc) is 2.85. The van der Waals surface area contributed by atoms with Crippen molar-refractivity contribution in [2.24, 2.45) is 0 Å². The zero-order chi connectivity index (χ0) is 24.7. The van der Waals surface area contributed by atoms with Crippen LogP contribution in [0.15, 0.2) is 30.4 Å². The van der Waals surface area contributed by atoms with Crippen LogP contribution in [0.3, 0.4) is 0 Å². The van der Waals surface area contributed by atoms with E-state index in [1.165, 1.54) is 103 Å². The third-order valence-corrected chi connectivity index (χ3v) is 6.29. The lowest BCUT2D eigenvalue weighted by atomic mass is 10.1. The Balaban J connectivity index is 1.84. The molecule has 0 bridgehead atoms. The van der Waals surface area contributed by atoms with E-state index in [1.807, 2.05) is 0 Å². The Kier molecular flexibility index (Phi) is 19.1. The van der Waals surface area contributed by atoms with Gasteiger partial charge in [0.25, 0.3) is 0 Å². The Morgan fingerprint density at radius 2 is 1.32 bits per heavy atom. The molecule has 0 aliphatic rings. The first-order valence-electron chi connectivity index (χ1n) is 13.8. The van der Waals surface area contributed by atoms with Crippen LogP contribution in [0, 0.1) is 0 Å². The number of esters is 1. The summed E-state index contributed by atoms with van der Waals surface area (Å²) in [6.07, 6.45) is 27.2. The standard InChI is InChI=1S/C30H50O4/c1-3-4-5-6-7-8-9-10-11-12-13-14-15-16-17-18-19-20-21-22-30(32)34-26-27-23-24-28(31)29(25-27)33-2/h10-11,23-25,31H,3-9,12-22,26H2,1-2H3/b11-10-. The highest BCUT2D eigenvalue weighted by Crippen LogP contribution is 2.26. The molecule has 0 aliphatic heterocycles. The highest BCUT2D eigenvalue weighted by molar-refractivity contribution is 5.69. The lowest BCUT2D eigenvalue weighted by Crippen LogP contribution is -2.04. The number of carbonyl (C=O) groups is 1. The average molecular weight is 475 g/mol. The maximum absolute atomic E-state index is 11.9. The monoisotopic (exact) mass is 474 g/mol. The molecular formula is C30H50O4. The Hall–Kier alpha value is -1.97. The number of aromatic hydroxyl groups is 1. The first-order chi connectivity index (χ1) is 16.7. The first kappa shape index (κ1) is 30.1. The third-order valence-electron chi connectivity index (χ3n) is 6.29. The van der Waals surface area contributed by atoms with E-state index in [0.29, 0.717) is 12.2 Å². The SMILES string of the molecule is CCCCCCCC/C=C\CCCCCCCCCCCC(=O)OCc1ccc(O)c(OC)c1. The second-order valence-corrected chi connectivity index (χ2v) is 9.42. The molecule has 0 aromatic heterocycles. The Labute approximate surface area is 209 Å². The summed E-state index contributed by atoms with van der Waals surface area (Å²) in [4.78, 5) is 11.9. The minimum absolute atomic E-state index is 0.0869. The summed E-state index contributed by atoms with van der Waals surface area (Å²) in [6, 6.07) is 4.98. The lowest BCUT2D eigenvalue weighted by Gasteiger charge is -2.08. The number of unbranched alkanes of at least 4 members (excludes halogenated alkanes) is 15. The molecule has 1 aromatic rings.